The number of nitrogens with two attached hydrogens (primary N) is 1. The van der Waals surface area contributed by atoms with E-state index in [1.54, 1.807) is 0 Å². The zero-order chi connectivity index (χ0) is 14.9. The van der Waals surface area contributed by atoms with Crippen LogP contribution in [0.15, 0.2) is 35.5 Å². The predicted molar refractivity (Wildman–Crippen MR) is 83.7 cm³/mol. The minimum atomic E-state index is -0.108. The number of oxime groups is 1. The van der Waals surface area contributed by atoms with Crippen LogP contribution in [0.25, 0.3) is 0 Å². The van der Waals surface area contributed by atoms with Crippen LogP contribution >= 0.6 is 0 Å². The Kier molecular flexibility index (Phi) is 6.50. The average molecular weight is 291 g/mol. The van der Waals surface area contributed by atoms with E-state index < -0.39 is 0 Å². The van der Waals surface area contributed by atoms with Gasteiger partial charge in [0, 0.05) is 13.2 Å². The molecule has 1 aromatic carbocycles. The zero-order valence-corrected chi connectivity index (χ0v) is 12.4. The molecule has 0 aliphatic carbocycles. The lowest BCUT2D eigenvalue weighted by Gasteiger charge is -2.23. The van der Waals surface area contributed by atoms with Crippen LogP contribution in [0.3, 0.4) is 0 Å². The summed E-state index contributed by atoms with van der Waals surface area (Å²) in [5, 5.41) is 15.5. The number of rotatable bonds is 7. The molecule has 1 aliphatic heterocycles. The fraction of sp³-hybridized carbons (Fsp3) is 0.562. The topological polar surface area (TPSA) is 79.9 Å². The molecular formula is C16H25N3O2. The molecule has 0 bridgehead atoms. The van der Waals surface area contributed by atoms with Gasteiger partial charge in [0.05, 0.1) is 12.0 Å². The van der Waals surface area contributed by atoms with Gasteiger partial charge < -0.3 is 21.0 Å². The Morgan fingerprint density at radius 3 is 2.86 bits per heavy atom. The van der Waals surface area contributed by atoms with Crippen LogP contribution < -0.4 is 11.1 Å². The largest absolute Gasteiger partial charge is 0.409 e. The molecule has 1 aromatic rings. The monoisotopic (exact) mass is 291 g/mol. The molecule has 21 heavy (non-hydrogen) atoms. The number of amidine groups is 1. The summed E-state index contributed by atoms with van der Waals surface area (Å²) in [7, 11) is 0. The van der Waals surface area contributed by atoms with Gasteiger partial charge in [-0.15, -0.1) is 0 Å². The molecule has 2 rings (SSSR count). The van der Waals surface area contributed by atoms with Gasteiger partial charge in [-0.05, 0) is 37.8 Å². The first kappa shape index (κ1) is 15.8. The zero-order valence-electron chi connectivity index (χ0n) is 12.4. The molecule has 1 heterocycles. The number of hydrogen-bond acceptors (Lipinski definition) is 4. The first-order chi connectivity index (χ1) is 10.3. The van der Waals surface area contributed by atoms with Crippen molar-refractivity contribution >= 4 is 5.84 Å². The molecule has 5 heteroatoms. The lowest BCUT2D eigenvalue weighted by molar-refractivity contribution is 0.0116. The standard InChI is InChI=1S/C16H25N3O2/c17-16(19-20)15(13-6-2-1-3-7-13)12-18-10-9-14-8-4-5-11-21-14/h1-3,6-7,14-15,18,20H,4-5,8-12H2,(H2,17,19). The SMILES string of the molecule is N/C(=N/O)C(CNCCC1CCCCO1)c1ccccc1. The van der Waals surface area contributed by atoms with Gasteiger partial charge in [0.25, 0.3) is 0 Å². The van der Waals surface area contributed by atoms with Crippen molar-refractivity contribution in [3.63, 3.8) is 0 Å². The van der Waals surface area contributed by atoms with Crippen LogP contribution in [-0.4, -0.2) is 36.8 Å². The molecule has 2 atom stereocenters. The van der Waals surface area contributed by atoms with Crippen molar-refractivity contribution in [2.24, 2.45) is 10.9 Å². The summed E-state index contributed by atoms with van der Waals surface area (Å²) in [6.07, 6.45) is 5.00. The van der Waals surface area contributed by atoms with Crippen LogP contribution in [0.2, 0.25) is 0 Å². The molecule has 5 nitrogen and oxygen atoms in total. The van der Waals surface area contributed by atoms with Gasteiger partial charge in [-0.2, -0.15) is 0 Å². The van der Waals surface area contributed by atoms with Crippen LogP contribution in [0.5, 0.6) is 0 Å². The van der Waals surface area contributed by atoms with E-state index >= 15 is 0 Å². The summed E-state index contributed by atoms with van der Waals surface area (Å²) in [6.45, 7) is 2.43. The van der Waals surface area contributed by atoms with Crippen molar-refractivity contribution in [3.05, 3.63) is 35.9 Å². The van der Waals surface area contributed by atoms with E-state index in [9.17, 15) is 0 Å². The van der Waals surface area contributed by atoms with Crippen molar-refractivity contribution < 1.29 is 9.94 Å². The number of nitrogens with one attached hydrogen (secondary N) is 1. The molecule has 0 aromatic heterocycles. The van der Waals surface area contributed by atoms with Gasteiger partial charge in [0.2, 0.25) is 0 Å². The Morgan fingerprint density at radius 1 is 1.38 bits per heavy atom. The van der Waals surface area contributed by atoms with Gasteiger partial charge in [-0.3, -0.25) is 0 Å². The van der Waals surface area contributed by atoms with E-state index in [-0.39, 0.29) is 11.8 Å². The summed E-state index contributed by atoms with van der Waals surface area (Å²) >= 11 is 0. The summed E-state index contributed by atoms with van der Waals surface area (Å²) in [4.78, 5) is 0. The van der Waals surface area contributed by atoms with Crippen LogP contribution in [0.1, 0.15) is 37.2 Å². The maximum Gasteiger partial charge on any atom is 0.147 e. The summed E-state index contributed by atoms with van der Waals surface area (Å²) in [5.41, 5.74) is 6.86. The smallest absolute Gasteiger partial charge is 0.147 e. The van der Waals surface area contributed by atoms with Crippen molar-refractivity contribution in [2.75, 3.05) is 19.7 Å². The van der Waals surface area contributed by atoms with E-state index in [1.807, 2.05) is 30.3 Å². The number of nitrogens with zero attached hydrogens (tertiary/aromatic N) is 1. The number of ether oxygens (including phenoxy) is 1. The molecule has 4 N–H and O–H groups in total. The van der Waals surface area contributed by atoms with Gasteiger partial charge >= 0.3 is 0 Å². The van der Waals surface area contributed by atoms with E-state index in [0.29, 0.717) is 12.6 Å². The highest BCUT2D eigenvalue weighted by Crippen LogP contribution is 2.16. The Morgan fingerprint density at radius 2 is 2.19 bits per heavy atom. The van der Waals surface area contributed by atoms with Gasteiger partial charge in [0.1, 0.15) is 5.84 Å². The van der Waals surface area contributed by atoms with Gasteiger partial charge in [-0.25, -0.2) is 0 Å². The maximum absolute atomic E-state index is 8.94. The summed E-state index contributed by atoms with van der Waals surface area (Å²) in [6, 6.07) is 9.87. The van der Waals surface area contributed by atoms with Gasteiger partial charge in [-0.1, -0.05) is 35.5 Å². The normalized spacial score (nSPS) is 21.1. The third-order valence-corrected chi connectivity index (χ3v) is 3.94. The van der Waals surface area contributed by atoms with Crippen molar-refractivity contribution in [1.29, 1.82) is 0 Å². The molecule has 2 unspecified atom stereocenters. The highest BCUT2D eigenvalue weighted by atomic mass is 16.5. The minimum absolute atomic E-state index is 0.108. The number of hydrogen-bond donors (Lipinski definition) is 3. The quantitative estimate of drug-likeness (QED) is 0.236. The maximum atomic E-state index is 8.94. The molecular weight excluding hydrogens is 266 g/mol. The van der Waals surface area contributed by atoms with E-state index in [2.05, 4.69) is 10.5 Å². The van der Waals surface area contributed by atoms with Crippen LogP contribution in [0, 0.1) is 0 Å². The van der Waals surface area contributed by atoms with Crippen LogP contribution in [0.4, 0.5) is 0 Å². The fourth-order valence-electron chi connectivity index (χ4n) is 2.69. The van der Waals surface area contributed by atoms with Crippen molar-refractivity contribution in [3.8, 4) is 0 Å². The first-order valence-corrected chi connectivity index (χ1v) is 7.66. The molecule has 0 saturated carbocycles. The second-order valence-electron chi connectivity index (χ2n) is 5.47. The molecule has 0 radical (unpaired) electrons. The number of benzene rings is 1. The lowest BCUT2D eigenvalue weighted by atomic mass is 9.98. The van der Waals surface area contributed by atoms with Crippen LogP contribution in [-0.2, 0) is 4.74 Å². The predicted octanol–water partition coefficient (Wildman–Crippen LogP) is 2.07. The second-order valence-corrected chi connectivity index (χ2v) is 5.47. The molecule has 116 valence electrons. The molecule has 0 spiro atoms. The van der Waals surface area contributed by atoms with E-state index in [4.69, 9.17) is 15.7 Å². The highest BCUT2D eigenvalue weighted by Gasteiger charge is 2.17. The van der Waals surface area contributed by atoms with Crippen molar-refractivity contribution in [1.82, 2.24) is 5.32 Å². The fourth-order valence-corrected chi connectivity index (χ4v) is 2.69. The summed E-state index contributed by atoms with van der Waals surface area (Å²) in [5.74, 6) is 0.131. The second kappa shape index (κ2) is 8.64. The molecule has 1 aliphatic rings. The minimum Gasteiger partial charge on any atom is -0.409 e. The van der Waals surface area contributed by atoms with E-state index in [1.165, 1.54) is 12.8 Å². The summed E-state index contributed by atoms with van der Waals surface area (Å²) < 4.78 is 5.71. The Labute approximate surface area is 126 Å². The van der Waals surface area contributed by atoms with Gasteiger partial charge in [0.15, 0.2) is 0 Å². The van der Waals surface area contributed by atoms with Crippen molar-refractivity contribution in [2.45, 2.75) is 37.7 Å². The third-order valence-electron chi connectivity index (χ3n) is 3.94. The lowest BCUT2D eigenvalue weighted by Crippen LogP contribution is -2.33. The highest BCUT2D eigenvalue weighted by molar-refractivity contribution is 5.87. The molecule has 1 saturated heterocycles. The Bertz CT molecular complexity index is 430. The van der Waals surface area contributed by atoms with E-state index in [0.717, 1.165) is 31.6 Å². The molecule has 0 amide bonds. The molecule has 1 fully saturated rings. The average Bonchev–Trinajstić information content (AvgIpc) is 2.56. The Balaban J connectivity index is 1.79. The third kappa shape index (κ3) is 5.02. The first-order valence-electron chi connectivity index (χ1n) is 7.66. The Hall–Kier alpha value is -1.59.